The van der Waals surface area contributed by atoms with Crippen LogP contribution in [-0.4, -0.2) is 79.3 Å². The number of likely N-dealkylation sites (N-methyl/N-ethyl adjacent to an activating group) is 1. The van der Waals surface area contributed by atoms with Gasteiger partial charge in [0.15, 0.2) is 9.84 Å². The Labute approximate surface area is 266 Å². The summed E-state index contributed by atoms with van der Waals surface area (Å²) < 4.78 is 82.9. The highest BCUT2D eigenvalue weighted by atomic mass is 32.2. The van der Waals surface area contributed by atoms with Gasteiger partial charge in [0.25, 0.3) is 11.5 Å². The summed E-state index contributed by atoms with van der Waals surface area (Å²) in [7, 11) is 2.09. The van der Waals surface area contributed by atoms with Crippen molar-refractivity contribution in [1.29, 1.82) is 0 Å². The van der Waals surface area contributed by atoms with Crippen molar-refractivity contribution in [2.24, 2.45) is 12.5 Å². The second-order valence-corrected chi connectivity index (χ2v) is 15.5. The Morgan fingerprint density at radius 2 is 1.80 bits per heavy atom. The molecule has 46 heavy (non-hydrogen) atoms. The summed E-state index contributed by atoms with van der Waals surface area (Å²) in [5.74, 6) is -3.68. The molecule has 0 bridgehead atoms. The summed E-state index contributed by atoms with van der Waals surface area (Å²) in [5.41, 5.74) is -1.47. The molecule has 0 radical (unpaired) electrons. The van der Waals surface area contributed by atoms with Crippen molar-refractivity contribution in [2.45, 2.75) is 63.2 Å². The first-order chi connectivity index (χ1) is 21.6. The standard InChI is InChI=1S/C32H40F3N5O5S/c1-19(22-7-6-8-24(26(22)33)32(34,35)16-45-21-14-39(3)15-21)36-28-23-13-25(40(4)29(41)27(23)37-20(2)38-28)31(44-5)11-9-30(10-12-31)17-46(42,43)18-30/h6-8,13,19,21H,9-12,14-18H2,1-5H3,(H,36,37,38)/t19-/m1/s1. The second-order valence-electron chi connectivity index (χ2n) is 13.4. The summed E-state index contributed by atoms with van der Waals surface area (Å²) in [4.78, 5) is 24.6. The van der Waals surface area contributed by atoms with Crippen LogP contribution in [-0.2, 0) is 37.9 Å². The van der Waals surface area contributed by atoms with Crippen LogP contribution in [0.3, 0.4) is 0 Å². The molecule has 4 heterocycles. The van der Waals surface area contributed by atoms with E-state index in [1.807, 2.05) is 11.9 Å². The number of sulfone groups is 1. The molecule has 1 aliphatic carbocycles. The summed E-state index contributed by atoms with van der Waals surface area (Å²) in [6.45, 7) is 3.44. The van der Waals surface area contributed by atoms with Gasteiger partial charge in [-0.2, -0.15) is 8.78 Å². The van der Waals surface area contributed by atoms with E-state index < -0.39 is 45.4 Å². The third-order valence-corrected chi connectivity index (χ3v) is 12.1. The Morgan fingerprint density at radius 3 is 2.41 bits per heavy atom. The molecule has 2 aromatic heterocycles. The number of likely N-dealkylation sites (tertiary alicyclic amines) is 1. The van der Waals surface area contributed by atoms with Gasteiger partial charge in [-0.15, -0.1) is 0 Å². The van der Waals surface area contributed by atoms with Crippen LogP contribution in [0.15, 0.2) is 29.1 Å². The molecule has 3 aliphatic rings. The van der Waals surface area contributed by atoms with Gasteiger partial charge in [-0.25, -0.2) is 22.8 Å². The summed E-state index contributed by atoms with van der Waals surface area (Å²) >= 11 is 0. The predicted octanol–water partition coefficient (Wildman–Crippen LogP) is 4.20. The van der Waals surface area contributed by atoms with E-state index in [-0.39, 0.29) is 45.5 Å². The van der Waals surface area contributed by atoms with Crippen molar-refractivity contribution >= 4 is 26.6 Å². The van der Waals surface area contributed by atoms with Crippen molar-refractivity contribution in [3.05, 3.63) is 63.1 Å². The number of aromatic nitrogens is 3. The lowest BCUT2D eigenvalue weighted by molar-refractivity contribution is -0.134. The minimum Gasteiger partial charge on any atom is -0.372 e. The van der Waals surface area contributed by atoms with E-state index in [2.05, 4.69) is 15.3 Å². The van der Waals surface area contributed by atoms with Crippen LogP contribution >= 0.6 is 0 Å². The van der Waals surface area contributed by atoms with Gasteiger partial charge in [0.2, 0.25) is 0 Å². The highest BCUT2D eigenvalue weighted by molar-refractivity contribution is 7.92. The monoisotopic (exact) mass is 663 g/mol. The average Bonchev–Trinajstić information content (AvgIpc) is 2.96. The molecule has 10 nitrogen and oxygen atoms in total. The van der Waals surface area contributed by atoms with E-state index >= 15 is 13.2 Å². The largest absolute Gasteiger partial charge is 0.372 e. The number of anilines is 1. The fraction of sp³-hybridized carbons (Fsp3) is 0.594. The van der Waals surface area contributed by atoms with Crippen molar-refractivity contribution in [2.75, 3.05) is 50.7 Å². The van der Waals surface area contributed by atoms with E-state index in [1.54, 1.807) is 34.1 Å². The zero-order valence-electron chi connectivity index (χ0n) is 26.7. The topological polar surface area (TPSA) is 116 Å². The predicted molar refractivity (Wildman–Crippen MR) is 167 cm³/mol. The molecule has 1 aromatic carbocycles. The number of hydrogen-bond acceptors (Lipinski definition) is 9. The number of alkyl halides is 2. The summed E-state index contributed by atoms with van der Waals surface area (Å²) in [5, 5.41) is 3.54. The molecule has 2 aliphatic heterocycles. The molecule has 3 aromatic rings. The molecule has 0 unspecified atom stereocenters. The molecule has 14 heteroatoms. The zero-order valence-corrected chi connectivity index (χ0v) is 27.5. The average molecular weight is 664 g/mol. The number of halogens is 3. The van der Waals surface area contributed by atoms with Gasteiger partial charge in [0, 0.05) is 32.8 Å². The van der Waals surface area contributed by atoms with Crippen molar-refractivity contribution < 1.29 is 31.1 Å². The number of methoxy groups -OCH3 is 1. The molecule has 3 fully saturated rings. The van der Waals surface area contributed by atoms with Crippen molar-refractivity contribution in [3.63, 3.8) is 0 Å². The van der Waals surface area contributed by atoms with Gasteiger partial charge >= 0.3 is 0 Å². The number of hydrogen-bond donors (Lipinski definition) is 1. The lowest BCUT2D eigenvalue weighted by Crippen LogP contribution is -2.53. The molecule has 1 spiro atoms. The smallest absolute Gasteiger partial charge is 0.298 e. The third-order valence-electron chi connectivity index (χ3n) is 10.0. The van der Waals surface area contributed by atoms with Gasteiger partial charge < -0.3 is 24.3 Å². The van der Waals surface area contributed by atoms with E-state index in [0.717, 1.165) is 6.07 Å². The highest BCUT2D eigenvalue weighted by Crippen LogP contribution is 2.52. The number of ether oxygens (including phenoxy) is 2. The van der Waals surface area contributed by atoms with Gasteiger partial charge in [0.05, 0.1) is 40.3 Å². The van der Waals surface area contributed by atoms with Crippen LogP contribution in [0, 0.1) is 18.2 Å². The van der Waals surface area contributed by atoms with Crippen LogP contribution in [0.1, 0.15) is 61.3 Å². The lowest BCUT2D eigenvalue weighted by Gasteiger charge is -2.50. The first-order valence-electron chi connectivity index (χ1n) is 15.5. The van der Waals surface area contributed by atoms with E-state index in [9.17, 15) is 13.2 Å². The number of pyridine rings is 1. The number of rotatable bonds is 9. The maximum atomic E-state index is 15.7. The summed E-state index contributed by atoms with van der Waals surface area (Å²) in [6.07, 6.45) is 2.02. The van der Waals surface area contributed by atoms with Crippen molar-refractivity contribution in [3.8, 4) is 0 Å². The Kier molecular flexibility index (Phi) is 8.26. The van der Waals surface area contributed by atoms with Gasteiger partial charge in [0.1, 0.15) is 35.2 Å². The number of fused-ring (bicyclic) bond motifs is 1. The molecule has 6 rings (SSSR count). The molecule has 1 N–H and O–H groups in total. The number of nitrogens with zero attached hydrogens (tertiary/aromatic N) is 4. The number of nitrogens with one attached hydrogen (secondary N) is 1. The molecule has 250 valence electrons. The van der Waals surface area contributed by atoms with Crippen molar-refractivity contribution in [1.82, 2.24) is 19.4 Å². The van der Waals surface area contributed by atoms with Gasteiger partial charge in [-0.3, -0.25) is 4.79 Å². The van der Waals surface area contributed by atoms with Crippen LogP contribution < -0.4 is 10.9 Å². The number of aryl methyl sites for hydroxylation is 1. The molecule has 2 saturated heterocycles. The van der Waals surface area contributed by atoms with Gasteiger partial charge in [-0.05, 0) is 64.1 Å². The van der Waals surface area contributed by atoms with Gasteiger partial charge in [-0.1, -0.05) is 12.1 Å². The zero-order chi connectivity index (χ0) is 33.2. The third kappa shape index (κ3) is 5.82. The second kappa shape index (κ2) is 11.6. The lowest BCUT2D eigenvalue weighted by atomic mass is 9.69. The van der Waals surface area contributed by atoms with Crippen LogP contribution in [0.5, 0.6) is 0 Å². The normalized spacial score (nSPS) is 21.6. The maximum Gasteiger partial charge on any atom is 0.298 e. The molecular weight excluding hydrogens is 623 g/mol. The van der Waals surface area contributed by atoms with Crippen LogP contribution in [0.2, 0.25) is 0 Å². The molecular formula is C32H40F3N5O5S. The Hall–Kier alpha value is -3.07. The molecule has 0 amide bonds. The highest BCUT2D eigenvalue weighted by Gasteiger charge is 2.54. The fourth-order valence-electron chi connectivity index (χ4n) is 7.36. The van der Waals surface area contributed by atoms with Crippen LogP contribution in [0.4, 0.5) is 19.0 Å². The minimum atomic E-state index is -3.54. The van der Waals surface area contributed by atoms with E-state index in [0.29, 0.717) is 55.7 Å². The van der Waals surface area contributed by atoms with E-state index in [1.165, 1.54) is 16.7 Å². The molecule has 1 atom stereocenters. The fourth-order valence-corrected chi connectivity index (χ4v) is 9.71. The number of benzene rings is 1. The molecule has 1 saturated carbocycles. The maximum absolute atomic E-state index is 15.7. The Balaban J connectivity index is 1.31. The first kappa shape index (κ1) is 32.9. The van der Waals surface area contributed by atoms with Crippen LogP contribution in [0.25, 0.3) is 10.9 Å². The SMILES string of the molecule is COC1(c2cc3c(N[C@H](C)c4cccc(C(F)(F)COC5CN(C)C5)c4F)nc(C)nc3c(=O)n2C)CCC2(CC1)CS(=O)(=O)C2. The van der Waals surface area contributed by atoms with E-state index in [4.69, 9.17) is 9.47 Å². The quantitative estimate of drug-likeness (QED) is 0.360. The Morgan fingerprint density at radius 1 is 1.13 bits per heavy atom. The Bertz CT molecular complexity index is 1820. The minimum absolute atomic E-state index is 0.00964. The summed E-state index contributed by atoms with van der Waals surface area (Å²) in [6, 6.07) is 4.88. The first-order valence-corrected chi connectivity index (χ1v) is 17.3.